The van der Waals surface area contributed by atoms with Crippen molar-refractivity contribution in [1.29, 1.82) is 0 Å². The minimum atomic E-state index is 0. The molecule has 0 spiro atoms. The van der Waals surface area contributed by atoms with Crippen LogP contribution in [0.15, 0.2) is 18.3 Å². The average Bonchev–Trinajstić information content (AvgIpc) is 1.94. The summed E-state index contributed by atoms with van der Waals surface area (Å²) in [6, 6.07) is 3.79. The largest absolute Gasteiger partial charge is 0.383 e. The number of pyridine rings is 1. The first-order chi connectivity index (χ1) is 4.84. The molecule has 1 rings (SSSR count). The maximum absolute atomic E-state index is 5.54. The fourth-order valence-corrected chi connectivity index (χ4v) is 0.968. The minimum absolute atomic E-state index is 0. The van der Waals surface area contributed by atoms with E-state index in [2.05, 4.69) is 4.98 Å². The molecule has 62 valence electrons. The van der Waals surface area contributed by atoms with Gasteiger partial charge in [0.2, 0.25) is 0 Å². The molecule has 0 aliphatic heterocycles. The smallest absolute Gasteiger partial charge is 0.126 e. The molecule has 1 heterocycles. The number of halogens is 1. The molecule has 0 fully saturated rings. The van der Waals surface area contributed by atoms with E-state index in [4.69, 9.17) is 17.3 Å². The number of hydrogen-bond acceptors (Lipinski definition) is 3. The van der Waals surface area contributed by atoms with E-state index in [0.717, 1.165) is 12.0 Å². The summed E-state index contributed by atoms with van der Waals surface area (Å²) in [6.45, 7) is 0. The first-order valence-corrected chi connectivity index (χ1v) is 3.63. The number of nitrogen functional groups attached to an aromatic ring is 1. The zero-order valence-corrected chi connectivity index (χ0v) is 7.01. The van der Waals surface area contributed by atoms with Gasteiger partial charge in [-0.3, -0.25) is 0 Å². The maximum Gasteiger partial charge on any atom is 0.126 e. The van der Waals surface area contributed by atoms with Crippen LogP contribution in [0.1, 0.15) is 5.56 Å². The van der Waals surface area contributed by atoms with E-state index < -0.39 is 0 Å². The molecule has 0 radical (unpaired) electrons. The lowest BCUT2D eigenvalue weighted by Gasteiger charge is -1.99. The summed E-state index contributed by atoms with van der Waals surface area (Å²) in [5.41, 5.74) is 6.56. The van der Waals surface area contributed by atoms with Crippen molar-refractivity contribution >= 4 is 17.4 Å². The molecule has 0 aliphatic carbocycles. The van der Waals surface area contributed by atoms with Crippen LogP contribution >= 0.6 is 11.6 Å². The number of alkyl halides is 1. The minimum Gasteiger partial charge on any atom is -0.383 e. The lowest BCUT2D eigenvalue weighted by Crippen LogP contribution is -1.97. The Kier molecular flexibility index (Phi) is 4.57. The normalized spacial score (nSPS) is 8.82. The van der Waals surface area contributed by atoms with Gasteiger partial charge in [-0.25, -0.2) is 4.98 Å². The summed E-state index contributed by atoms with van der Waals surface area (Å²) in [4.78, 5) is 3.92. The highest BCUT2D eigenvalue weighted by atomic mass is 35.5. The zero-order valence-electron chi connectivity index (χ0n) is 6.26. The van der Waals surface area contributed by atoms with Gasteiger partial charge in [-0.15, -0.1) is 11.6 Å². The van der Waals surface area contributed by atoms with Gasteiger partial charge in [0.15, 0.2) is 0 Å². The summed E-state index contributed by atoms with van der Waals surface area (Å²) >= 11 is 5.52. The molecule has 5 N–H and O–H groups in total. The van der Waals surface area contributed by atoms with E-state index in [-0.39, 0.29) is 6.15 Å². The number of aryl methyl sites for hydroxylation is 1. The van der Waals surface area contributed by atoms with Crippen molar-refractivity contribution in [3.63, 3.8) is 0 Å². The Hall–Kier alpha value is -0.800. The Morgan fingerprint density at radius 3 is 2.82 bits per heavy atom. The molecule has 0 unspecified atom stereocenters. The first kappa shape index (κ1) is 10.2. The van der Waals surface area contributed by atoms with E-state index in [1.54, 1.807) is 6.20 Å². The third-order valence-electron chi connectivity index (χ3n) is 1.29. The molecule has 1 aromatic rings. The van der Waals surface area contributed by atoms with Gasteiger partial charge in [0.25, 0.3) is 0 Å². The third kappa shape index (κ3) is 2.74. The fraction of sp³-hybridized carbons (Fsp3) is 0.286. The van der Waals surface area contributed by atoms with Crippen molar-refractivity contribution in [1.82, 2.24) is 11.1 Å². The van der Waals surface area contributed by atoms with Gasteiger partial charge >= 0.3 is 0 Å². The van der Waals surface area contributed by atoms with Crippen molar-refractivity contribution in [2.75, 3.05) is 11.6 Å². The van der Waals surface area contributed by atoms with Crippen molar-refractivity contribution in [2.45, 2.75) is 6.42 Å². The van der Waals surface area contributed by atoms with Gasteiger partial charge in [-0.2, -0.15) is 0 Å². The lowest BCUT2D eigenvalue weighted by atomic mass is 10.2. The molecular weight excluding hydrogens is 162 g/mol. The lowest BCUT2D eigenvalue weighted by molar-refractivity contribution is 1.12. The third-order valence-corrected chi connectivity index (χ3v) is 1.48. The van der Waals surface area contributed by atoms with Gasteiger partial charge in [0.05, 0.1) is 0 Å². The van der Waals surface area contributed by atoms with Crippen molar-refractivity contribution in [2.24, 2.45) is 0 Å². The molecular formula is C7H12ClN3. The highest BCUT2D eigenvalue weighted by Crippen LogP contribution is 2.07. The van der Waals surface area contributed by atoms with E-state index in [1.165, 1.54) is 0 Å². The van der Waals surface area contributed by atoms with Crippen LogP contribution in [-0.4, -0.2) is 10.9 Å². The van der Waals surface area contributed by atoms with Crippen LogP contribution in [0.3, 0.4) is 0 Å². The second kappa shape index (κ2) is 4.93. The van der Waals surface area contributed by atoms with E-state index in [1.807, 2.05) is 12.1 Å². The molecule has 1 aromatic heterocycles. The number of anilines is 1. The average molecular weight is 174 g/mol. The summed E-state index contributed by atoms with van der Waals surface area (Å²) < 4.78 is 0. The predicted molar refractivity (Wildman–Crippen MR) is 48.1 cm³/mol. The number of nitrogens with zero attached hydrogens (tertiary/aromatic N) is 1. The maximum atomic E-state index is 5.54. The van der Waals surface area contributed by atoms with Crippen molar-refractivity contribution in [3.05, 3.63) is 23.9 Å². The Labute approximate surface area is 71.2 Å². The second-order valence-corrected chi connectivity index (χ2v) is 2.36. The molecule has 0 saturated carbocycles. The first-order valence-electron chi connectivity index (χ1n) is 3.10. The van der Waals surface area contributed by atoms with Gasteiger partial charge in [-0.1, -0.05) is 6.07 Å². The molecule has 0 aromatic carbocycles. The molecule has 4 heteroatoms. The SMILES string of the molecule is N.Nc1ncccc1CCCl. The molecule has 3 nitrogen and oxygen atoms in total. The quantitative estimate of drug-likeness (QED) is 0.668. The predicted octanol–water partition coefficient (Wildman–Crippen LogP) is 1.61. The van der Waals surface area contributed by atoms with Crippen LogP contribution < -0.4 is 11.9 Å². The van der Waals surface area contributed by atoms with Gasteiger partial charge in [-0.05, 0) is 18.1 Å². The molecule has 0 saturated heterocycles. The van der Waals surface area contributed by atoms with E-state index in [9.17, 15) is 0 Å². The number of rotatable bonds is 2. The summed E-state index contributed by atoms with van der Waals surface area (Å²) in [5, 5.41) is 0. The molecule has 0 bridgehead atoms. The monoisotopic (exact) mass is 173 g/mol. The Balaban J connectivity index is 0.000001000. The standard InChI is InChI=1S/C7H9ClN2.H3N/c8-4-3-6-2-1-5-10-7(6)9;/h1-2,5H,3-4H2,(H2,9,10);1H3. The fourth-order valence-electron chi connectivity index (χ4n) is 0.764. The van der Waals surface area contributed by atoms with E-state index >= 15 is 0 Å². The van der Waals surface area contributed by atoms with Crippen LogP contribution in [0, 0.1) is 0 Å². The highest BCUT2D eigenvalue weighted by molar-refractivity contribution is 6.18. The Morgan fingerprint density at radius 1 is 1.55 bits per heavy atom. The van der Waals surface area contributed by atoms with Crippen LogP contribution in [0.5, 0.6) is 0 Å². The number of hydrogen-bond donors (Lipinski definition) is 2. The molecule has 0 aliphatic rings. The topological polar surface area (TPSA) is 73.9 Å². The van der Waals surface area contributed by atoms with Crippen molar-refractivity contribution < 1.29 is 0 Å². The van der Waals surface area contributed by atoms with E-state index in [0.29, 0.717) is 11.7 Å². The molecule has 0 amide bonds. The van der Waals surface area contributed by atoms with Crippen LogP contribution in [-0.2, 0) is 6.42 Å². The van der Waals surface area contributed by atoms with Crippen LogP contribution in [0.25, 0.3) is 0 Å². The van der Waals surface area contributed by atoms with Crippen molar-refractivity contribution in [3.8, 4) is 0 Å². The number of nitrogens with two attached hydrogens (primary N) is 1. The molecule has 11 heavy (non-hydrogen) atoms. The zero-order chi connectivity index (χ0) is 7.40. The van der Waals surface area contributed by atoms with Crippen LogP contribution in [0.2, 0.25) is 0 Å². The summed E-state index contributed by atoms with van der Waals surface area (Å²) in [7, 11) is 0. The van der Waals surface area contributed by atoms with Gasteiger partial charge in [0.1, 0.15) is 5.82 Å². The van der Waals surface area contributed by atoms with Gasteiger partial charge in [0, 0.05) is 12.1 Å². The summed E-state index contributed by atoms with van der Waals surface area (Å²) in [6.07, 6.45) is 2.47. The number of aromatic nitrogens is 1. The molecule has 0 atom stereocenters. The summed E-state index contributed by atoms with van der Waals surface area (Å²) in [5.74, 6) is 1.18. The highest BCUT2D eigenvalue weighted by Gasteiger charge is 1.95. The Bertz CT molecular complexity index is 215. The second-order valence-electron chi connectivity index (χ2n) is 1.99. The van der Waals surface area contributed by atoms with Crippen LogP contribution in [0.4, 0.5) is 5.82 Å². The van der Waals surface area contributed by atoms with Gasteiger partial charge < -0.3 is 11.9 Å². The Morgan fingerprint density at radius 2 is 2.27 bits per heavy atom.